The first-order valence-corrected chi connectivity index (χ1v) is 12.1. The van der Waals surface area contributed by atoms with Gasteiger partial charge in [-0.2, -0.15) is 5.10 Å². The van der Waals surface area contributed by atoms with Gasteiger partial charge < -0.3 is 14.2 Å². The first kappa shape index (κ1) is 21.1. The van der Waals surface area contributed by atoms with E-state index in [1.165, 1.54) is 11.1 Å². The number of nitrogens with zero attached hydrogens (tertiary/aromatic N) is 2. The van der Waals surface area contributed by atoms with Crippen molar-refractivity contribution in [2.75, 3.05) is 14.2 Å². The lowest BCUT2D eigenvalue weighted by Crippen LogP contribution is -2.55. The summed E-state index contributed by atoms with van der Waals surface area (Å²) in [6.45, 7) is 0. The molecule has 5 heteroatoms. The van der Waals surface area contributed by atoms with Crippen LogP contribution in [0.25, 0.3) is 0 Å². The van der Waals surface area contributed by atoms with Gasteiger partial charge in [0.2, 0.25) is 0 Å². The van der Waals surface area contributed by atoms with E-state index in [0.29, 0.717) is 5.92 Å². The van der Waals surface area contributed by atoms with Crippen LogP contribution in [0.15, 0.2) is 77.9 Å². The van der Waals surface area contributed by atoms with E-state index in [2.05, 4.69) is 65.7 Å². The predicted octanol–water partition coefficient (Wildman–Crippen LogP) is 6.30. The lowest BCUT2D eigenvalue weighted by molar-refractivity contribution is -0.142. The molecule has 1 aliphatic carbocycles. The third-order valence-corrected chi connectivity index (χ3v) is 7.66. The zero-order valence-corrected chi connectivity index (χ0v) is 19.7. The van der Waals surface area contributed by atoms with Gasteiger partial charge in [-0.1, -0.05) is 48.5 Å². The number of methoxy groups -OCH3 is 2. The molecule has 0 N–H and O–H groups in total. The lowest BCUT2D eigenvalue weighted by atomic mass is 9.78. The highest BCUT2D eigenvalue weighted by Crippen LogP contribution is 2.53. The van der Waals surface area contributed by atoms with Crippen molar-refractivity contribution in [1.29, 1.82) is 0 Å². The van der Waals surface area contributed by atoms with E-state index in [1.807, 2.05) is 12.1 Å². The highest BCUT2D eigenvalue weighted by atomic mass is 16.5. The molecular formula is C29H30N2O3. The van der Waals surface area contributed by atoms with Gasteiger partial charge in [0.1, 0.15) is 5.75 Å². The van der Waals surface area contributed by atoms with E-state index >= 15 is 0 Å². The number of fused-ring (bicyclic) bond motifs is 4. The molecule has 0 aromatic heterocycles. The van der Waals surface area contributed by atoms with Crippen LogP contribution >= 0.6 is 0 Å². The Balaban J connectivity index is 1.35. The quantitative estimate of drug-likeness (QED) is 0.464. The molecule has 0 radical (unpaired) electrons. The molecule has 3 aromatic rings. The second-order valence-electron chi connectivity index (χ2n) is 9.45. The number of para-hydroxylation sites is 1. The maximum Gasteiger partial charge on any atom is 0.198 e. The Bertz CT molecular complexity index is 1220. The van der Waals surface area contributed by atoms with Gasteiger partial charge >= 0.3 is 0 Å². The Hall–Kier alpha value is -3.47. The predicted molar refractivity (Wildman–Crippen MR) is 133 cm³/mol. The molecule has 3 aromatic carbocycles. The van der Waals surface area contributed by atoms with Crippen LogP contribution in [0.1, 0.15) is 60.8 Å². The van der Waals surface area contributed by atoms with E-state index in [9.17, 15) is 0 Å². The van der Waals surface area contributed by atoms with Crippen molar-refractivity contribution in [3.63, 3.8) is 0 Å². The van der Waals surface area contributed by atoms with Gasteiger partial charge in [-0.3, -0.25) is 0 Å². The van der Waals surface area contributed by atoms with Gasteiger partial charge in [-0.25, -0.2) is 5.01 Å². The first-order chi connectivity index (χ1) is 16.7. The standard InChI is InChI=1S/C29H30N2O3/c1-32-27-13-12-22(18-28(27)33-2)24-19-25-23-10-6-7-11-26(23)34-29(31(25)30-24)16-14-21(15-17-29)20-8-4-3-5-9-20/h3-13,18,21,25H,14-17,19H2,1-2H3/t21?,25-,29?/m1/s1. The van der Waals surface area contributed by atoms with E-state index in [0.717, 1.165) is 60.6 Å². The molecule has 5 nitrogen and oxygen atoms in total. The molecule has 0 unspecified atom stereocenters. The van der Waals surface area contributed by atoms with Crippen molar-refractivity contribution < 1.29 is 14.2 Å². The largest absolute Gasteiger partial charge is 0.493 e. The molecule has 2 aliphatic heterocycles. The van der Waals surface area contributed by atoms with Gasteiger partial charge in [0.05, 0.1) is 26.0 Å². The summed E-state index contributed by atoms with van der Waals surface area (Å²) in [7, 11) is 3.33. The van der Waals surface area contributed by atoms with Crippen molar-refractivity contribution in [3.05, 3.63) is 89.5 Å². The van der Waals surface area contributed by atoms with Gasteiger partial charge in [-0.15, -0.1) is 0 Å². The number of hydrogen-bond donors (Lipinski definition) is 0. The normalized spacial score (nSPS) is 25.2. The van der Waals surface area contributed by atoms with Crippen LogP contribution in [0.2, 0.25) is 0 Å². The van der Waals surface area contributed by atoms with Crippen LogP contribution in [-0.4, -0.2) is 30.7 Å². The molecule has 1 atom stereocenters. The van der Waals surface area contributed by atoms with Crippen LogP contribution in [0.4, 0.5) is 0 Å². The molecule has 0 bridgehead atoms. The minimum absolute atomic E-state index is 0.182. The molecule has 34 heavy (non-hydrogen) atoms. The smallest absolute Gasteiger partial charge is 0.198 e. The van der Waals surface area contributed by atoms with Crippen LogP contribution < -0.4 is 14.2 Å². The summed E-state index contributed by atoms with van der Waals surface area (Å²) in [4.78, 5) is 0. The molecule has 0 saturated heterocycles. The minimum atomic E-state index is -0.400. The first-order valence-electron chi connectivity index (χ1n) is 12.1. The average Bonchev–Trinajstić information content (AvgIpc) is 3.36. The minimum Gasteiger partial charge on any atom is -0.493 e. The summed E-state index contributed by atoms with van der Waals surface area (Å²) in [5, 5.41) is 7.49. The summed E-state index contributed by atoms with van der Waals surface area (Å²) in [5.41, 5.74) is 4.38. The molecule has 1 saturated carbocycles. The van der Waals surface area contributed by atoms with Gasteiger partial charge in [0, 0.05) is 30.4 Å². The topological polar surface area (TPSA) is 43.3 Å². The molecule has 3 aliphatic rings. The second kappa shape index (κ2) is 8.39. The van der Waals surface area contributed by atoms with Gasteiger partial charge in [0.15, 0.2) is 17.2 Å². The molecule has 1 fully saturated rings. The summed E-state index contributed by atoms with van der Waals surface area (Å²) >= 11 is 0. The van der Waals surface area contributed by atoms with Crippen LogP contribution in [-0.2, 0) is 0 Å². The third-order valence-electron chi connectivity index (χ3n) is 7.66. The Morgan fingerprint density at radius 2 is 1.62 bits per heavy atom. The van der Waals surface area contributed by atoms with E-state index < -0.39 is 5.72 Å². The molecule has 0 amide bonds. The highest BCUT2D eigenvalue weighted by molar-refractivity contribution is 6.02. The Morgan fingerprint density at radius 1 is 0.882 bits per heavy atom. The van der Waals surface area contributed by atoms with Gasteiger partial charge in [0.25, 0.3) is 0 Å². The fraction of sp³-hybridized carbons (Fsp3) is 0.345. The van der Waals surface area contributed by atoms with Crippen LogP contribution in [0.3, 0.4) is 0 Å². The number of hydrazone groups is 1. The van der Waals surface area contributed by atoms with Crippen molar-refractivity contribution in [1.82, 2.24) is 5.01 Å². The monoisotopic (exact) mass is 454 g/mol. The van der Waals surface area contributed by atoms with Crippen molar-refractivity contribution in [2.24, 2.45) is 5.10 Å². The highest BCUT2D eigenvalue weighted by Gasteiger charge is 2.52. The molecule has 174 valence electrons. The lowest BCUT2D eigenvalue weighted by Gasteiger charge is -2.50. The maximum atomic E-state index is 6.80. The van der Waals surface area contributed by atoms with Gasteiger partial charge in [-0.05, 0) is 48.6 Å². The number of benzene rings is 3. The van der Waals surface area contributed by atoms with Crippen LogP contribution in [0.5, 0.6) is 17.2 Å². The Labute approximate surface area is 201 Å². The fourth-order valence-electron chi connectivity index (χ4n) is 5.88. The fourth-order valence-corrected chi connectivity index (χ4v) is 5.88. The zero-order valence-electron chi connectivity index (χ0n) is 19.7. The summed E-state index contributed by atoms with van der Waals surface area (Å²) in [5.74, 6) is 3.03. The average molecular weight is 455 g/mol. The maximum absolute atomic E-state index is 6.80. The summed E-state index contributed by atoms with van der Waals surface area (Å²) in [6.07, 6.45) is 4.95. The van der Waals surface area contributed by atoms with E-state index in [4.69, 9.17) is 19.3 Å². The SMILES string of the molecule is COc1ccc(C2=NN3[C@H](C2)c2ccccc2OC32CCC(c3ccccc3)CC2)cc1OC. The van der Waals surface area contributed by atoms with Crippen molar-refractivity contribution in [2.45, 2.75) is 49.8 Å². The Kier molecular flexibility index (Phi) is 5.20. The molecule has 2 heterocycles. The second-order valence-corrected chi connectivity index (χ2v) is 9.45. The summed E-state index contributed by atoms with van der Waals surface area (Å²) in [6, 6.07) is 25.6. The molecule has 6 rings (SSSR count). The molecule has 1 spiro atoms. The summed E-state index contributed by atoms with van der Waals surface area (Å²) < 4.78 is 17.8. The zero-order chi connectivity index (χ0) is 23.1. The van der Waals surface area contributed by atoms with Crippen molar-refractivity contribution >= 4 is 5.71 Å². The number of hydrogen-bond acceptors (Lipinski definition) is 5. The van der Waals surface area contributed by atoms with Crippen LogP contribution in [0, 0.1) is 0 Å². The van der Waals surface area contributed by atoms with E-state index in [-0.39, 0.29) is 6.04 Å². The number of rotatable bonds is 4. The number of ether oxygens (including phenoxy) is 3. The van der Waals surface area contributed by atoms with Crippen molar-refractivity contribution in [3.8, 4) is 17.2 Å². The molecular weight excluding hydrogens is 424 g/mol. The van der Waals surface area contributed by atoms with E-state index in [1.54, 1.807) is 14.2 Å². The Morgan fingerprint density at radius 3 is 2.38 bits per heavy atom. The third kappa shape index (κ3) is 3.42.